The highest BCUT2D eigenvalue weighted by atomic mass is 28.4. The minimum Gasteiger partial charge on any atom is -0.444 e. The van der Waals surface area contributed by atoms with E-state index in [2.05, 4.69) is 46.1 Å². The molecule has 0 aromatic carbocycles. The normalized spacial score (nSPS) is 14.6. The van der Waals surface area contributed by atoms with Crippen LogP contribution in [0.2, 0.25) is 18.1 Å². The van der Waals surface area contributed by atoms with Crippen molar-refractivity contribution in [2.45, 2.75) is 168 Å². The van der Waals surface area contributed by atoms with Crippen LogP contribution in [0.4, 0.5) is 4.79 Å². The summed E-state index contributed by atoms with van der Waals surface area (Å²) >= 11 is 0. The van der Waals surface area contributed by atoms with E-state index in [4.69, 9.17) is 9.16 Å². The monoisotopic (exact) mass is 525 g/mol. The molecule has 0 saturated carbocycles. The molecule has 0 aliphatic rings. The predicted octanol–water partition coefficient (Wildman–Crippen LogP) is 9.12. The molecular weight excluding hydrogens is 466 g/mol. The molecule has 0 unspecified atom stereocenters. The number of amides is 1. The SMILES string of the molecule is CCCCCCCCCCCCCC=CC(=O)[C@@H](NC(=O)OC(C)(C)C)[C@H](C)O[Si](C)(C)C(C)(C)C. The highest BCUT2D eigenvalue weighted by Crippen LogP contribution is 2.37. The number of ketones is 1. The van der Waals surface area contributed by atoms with Crippen LogP contribution in [0.3, 0.4) is 0 Å². The number of hydrogen-bond donors (Lipinski definition) is 1. The van der Waals surface area contributed by atoms with E-state index in [0.29, 0.717) is 0 Å². The molecule has 0 aromatic rings. The predicted molar refractivity (Wildman–Crippen MR) is 156 cm³/mol. The Kier molecular flexibility index (Phi) is 16.8. The molecule has 6 heteroatoms. The lowest BCUT2D eigenvalue weighted by molar-refractivity contribution is -0.118. The lowest BCUT2D eigenvalue weighted by atomic mass is 10.0. The summed E-state index contributed by atoms with van der Waals surface area (Å²) in [6, 6.07) is -0.775. The van der Waals surface area contributed by atoms with Crippen LogP contribution in [0.25, 0.3) is 0 Å². The lowest BCUT2D eigenvalue weighted by Crippen LogP contribution is -2.54. The Morgan fingerprint density at radius 3 is 1.75 bits per heavy atom. The van der Waals surface area contributed by atoms with Gasteiger partial charge in [-0.1, -0.05) is 98.0 Å². The summed E-state index contributed by atoms with van der Waals surface area (Å²) in [6.45, 7) is 20.4. The van der Waals surface area contributed by atoms with Gasteiger partial charge in [-0.25, -0.2) is 4.79 Å². The van der Waals surface area contributed by atoms with E-state index < -0.39 is 32.2 Å². The van der Waals surface area contributed by atoms with E-state index in [-0.39, 0.29) is 10.8 Å². The summed E-state index contributed by atoms with van der Waals surface area (Å²) in [5.41, 5.74) is -0.633. The summed E-state index contributed by atoms with van der Waals surface area (Å²) in [4.78, 5) is 25.6. The number of carbonyl (C=O) groups excluding carboxylic acids is 2. The number of allylic oxidation sites excluding steroid dienone is 1. The van der Waals surface area contributed by atoms with Gasteiger partial charge in [0.25, 0.3) is 0 Å². The second-order valence-electron chi connectivity index (χ2n) is 12.8. The van der Waals surface area contributed by atoms with Gasteiger partial charge in [-0.3, -0.25) is 4.79 Å². The summed E-state index contributed by atoms with van der Waals surface area (Å²) < 4.78 is 11.9. The van der Waals surface area contributed by atoms with E-state index in [1.807, 2.05) is 33.8 Å². The maximum atomic E-state index is 13.1. The standard InChI is InChI=1S/C30H59NO4Si/c1-11-12-13-14-15-16-17-18-19-20-21-22-23-24-26(32)27(31-28(33)34-29(3,4)5)25(2)35-36(9,10)30(6,7)8/h23-25,27H,11-22H2,1-10H3,(H,31,33)/t25-,27-/m0/s1. The molecule has 212 valence electrons. The van der Waals surface area contributed by atoms with Gasteiger partial charge in [0.2, 0.25) is 0 Å². The van der Waals surface area contributed by atoms with Gasteiger partial charge in [0.05, 0.1) is 6.10 Å². The second kappa shape index (κ2) is 17.4. The quantitative estimate of drug-likeness (QED) is 0.110. The number of hydrogen-bond acceptors (Lipinski definition) is 4. The van der Waals surface area contributed by atoms with Crippen molar-refractivity contribution in [1.82, 2.24) is 5.32 Å². The Morgan fingerprint density at radius 1 is 0.833 bits per heavy atom. The van der Waals surface area contributed by atoms with Crippen LogP contribution >= 0.6 is 0 Å². The Labute approximate surface area is 224 Å². The van der Waals surface area contributed by atoms with Gasteiger partial charge in [0.1, 0.15) is 11.6 Å². The second-order valence-corrected chi connectivity index (χ2v) is 17.6. The minimum absolute atomic E-state index is 0.00562. The first-order valence-corrected chi connectivity index (χ1v) is 17.4. The molecule has 5 nitrogen and oxygen atoms in total. The zero-order valence-corrected chi connectivity index (χ0v) is 26.4. The van der Waals surface area contributed by atoms with Gasteiger partial charge in [0, 0.05) is 0 Å². The molecule has 0 aliphatic heterocycles. The van der Waals surface area contributed by atoms with E-state index in [9.17, 15) is 9.59 Å². The topological polar surface area (TPSA) is 64.6 Å². The smallest absolute Gasteiger partial charge is 0.408 e. The summed E-state index contributed by atoms with van der Waals surface area (Å²) in [5, 5.41) is 2.78. The van der Waals surface area contributed by atoms with Gasteiger partial charge in [0.15, 0.2) is 14.1 Å². The van der Waals surface area contributed by atoms with Crippen molar-refractivity contribution < 1.29 is 18.8 Å². The molecule has 0 aromatic heterocycles. The Bertz CT molecular complexity index is 646. The molecule has 0 fully saturated rings. The number of ether oxygens (including phenoxy) is 1. The van der Waals surface area contributed by atoms with Crippen LogP contribution in [-0.2, 0) is 14.0 Å². The number of unbranched alkanes of at least 4 members (excludes halogenated alkanes) is 11. The van der Waals surface area contributed by atoms with Gasteiger partial charge < -0.3 is 14.5 Å². The first-order valence-electron chi connectivity index (χ1n) is 14.5. The first-order chi connectivity index (χ1) is 16.6. The van der Waals surface area contributed by atoms with E-state index in [1.165, 1.54) is 64.2 Å². The average molecular weight is 526 g/mol. The molecule has 0 spiro atoms. The van der Waals surface area contributed by atoms with Gasteiger partial charge in [-0.2, -0.15) is 0 Å². The van der Waals surface area contributed by atoms with Crippen LogP contribution in [-0.4, -0.2) is 37.9 Å². The summed E-state index contributed by atoms with van der Waals surface area (Å²) in [6.07, 6.45) is 17.8. The summed E-state index contributed by atoms with van der Waals surface area (Å²) in [5.74, 6) is -0.143. The van der Waals surface area contributed by atoms with E-state index in [1.54, 1.807) is 6.08 Å². The van der Waals surface area contributed by atoms with Crippen molar-refractivity contribution in [3.05, 3.63) is 12.2 Å². The van der Waals surface area contributed by atoms with Crippen LogP contribution in [0.5, 0.6) is 0 Å². The molecule has 0 rings (SSSR count). The van der Waals surface area contributed by atoms with Crippen molar-refractivity contribution in [2.75, 3.05) is 0 Å². The third-order valence-electron chi connectivity index (χ3n) is 6.99. The fourth-order valence-electron chi connectivity index (χ4n) is 3.79. The number of nitrogens with one attached hydrogen (secondary N) is 1. The molecule has 0 saturated heterocycles. The molecule has 36 heavy (non-hydrogen) atoms. The van der Waals surface area contributed by atoms with Crippen molar-refractivity contribution >= 4 is 20.2 Å². The zero-order chi connectivity index (χ0) is 27.8. The minimum atomic E-state index is -2.11. The van der Waals surface area contributed by atoms with Crippen molar-refractivity contribution in [2.24, 2.45) is 0 Å². The lowest BCUT2D eigenvalue weighted by Gasteiger charge is -2.40. The van der Waals surface area contributed by atoms with Crippen LogP contribution < -0.4 is 5.32 Å². The highest BCUT2D eigenvalue weighted by molar-refractivity contribution is 6.74. The van der Waals surface area contributed by atoms with Crippen molar-refractivity contribution in [1.29, 1.82) is 0 Å². The van der Waals surface area contributed by atoms with Crippen LogP contribution in [0.15, 0.2) is 12.2 Å². The molecule has 0 radical (unpaired) electrons. The van der Waals surface area contributed by atoms with Crippen LogP contribution in [0.1, 0.15) is 132 Å². The molecule has 1 N–H and O–H groups in total. The maximum absolute atomic E-state index is 13.1. The summed E-state index contributed by atoms with van der Waals surface area (Å²) in [7, 11) is -2.11. The van der Waals surface area contributed by atoms with Gasteiger partial charge in [-0.05, 0) is 64.7 Å². The van der Waals surface area contributed by atoms with Gasteiger partial charge >= 0.3 is 6.09 Å². The van der Waals surface area contributed by atoms with Crippen molar-refractivity contribution in [3.8, 4) is 0 Å². The zero-order valence-electron chi connectivity index (χ0n) is 25.4. The number of carbonyl (C=O) groups is 2. The third-order valence-corrected chi connectivity index (χ3v) is 11.6. The molecule has 0 heterocycles. The average Bonchev–Trinajstić information content (AvgIpc) is 2.72. The molecule has 1 amide bonds. The molecule has 2 atom stereocenters. The fraction of sp³-hybridized carbons (Fsp3) is 0.867. The van der Waals surface area contributed by atoms with E-state index >= 15 is 0 Å². The highest BCUT2D eigenvalue weighted by Gasteiger charge is 2.41. The number of rotatable bonds is 18. The van der Waals surface area contributed by atoms with Crippen LogP contribution in [0, 0.1) is 0 Å². The molecular formula is C30H59NO4Si. The van der Waals surface area contributed by atoms with Gasteiger partial charge in [-0.15, -0.1) is 0 Å². The number of alkyl carbamates (subject to hydrolysis) is 1. The Hall–Kier alpha value is -1.14. The Morgan fingerprint density at radius 2 is 1.31 bits per heavy atom. The molecule has 0 bridgehead atoms. The molecule has 0 aliphatic carbocycles. The largest absolute Gasteiger partial charge is 0.444 e. The van der Waals surface area contributed by atoms with E-state index in [0.717, 1.165) is 12.8 Å². The Balaban J connectivity index is 4.69. The first kappa shape index (κ1) is 34.9. The third kappa shape index (κ3) is 16.6. The van der Waals surface area contributed by atoms with Crippen molar-refractivity contribution in [3.63, 3.8) is 0 Å². The maximum Gasteiger partial charge on any atom is 0.408 e. The fourth-order valence-corrected chi connectivity index (χ4v) is 5.21.